The van der Waals surface area contributed by atoms with Crippen LogP contribution in [0, 0.1) is 11.3 Å². The summed E-state index contributed by atoms with van der Waals surface area (Å²) in [5.74, 6) is 0.215. The second-order valence-corrected chi connectivity index (χ2v) is 7.57. The van der Waals surface area contributed by atoms with E-state index < -0.39 is 18.0 Å². The van der Waals surface area contributed by atoms with Crippen molar-refractivity contribution in [2.75, 3.05) is 25.0 Å². The van der Waals surface area contributed by atoms with Crippen LogP contribution in [0.5, 0.6) is 5.75 Å². The first kappa shape index (κ1) is 21.6. The molecule has 0 bridgehead atoms. The van der Waals surface area contributed by atoms with Crippen LogP contribution >= 0.6 is 11.6 Å². The number of nitriles is 1. The summed E-state index contributed by atoms with van der Waals surface area (Å²) in [6.45, 7) is 0.241. The smallest absolute Gasteiger partial charge is 0.227 e. The number of nitrogens with zero attached hydrogens (tertiary/aromatic N) is 4. The Morgan fingerprint density at radius 1 is 1.28 bits per heavy atom. The minimum atomic E-state index is -1.18. The Kier molecular flexibility index (Phi) is 6.28. The summed E-state index contributed by atoms with van der Waals surface area (Å²) in [6, 6.07) is 12.3. The van der Waals surface area contributed by atoms with Gasteiger partial charge in [0.1, 0.15) is 23.6 Å². The number of ketones is 1. The van der Waals surface area contributed by atoms with Gasteiger partial charge in [-0.1, -0.05) is 11.6 Å². The molecule has 0 amide bonds. The summed E-state index contributed by atoms with van der Waals surface area (Å²) in [5.41, 5.74) is 1.04. The number of nitrogens with one attached hydrogen (secondary N) is 2. The third-order valence-corrected chi connectivity index (χ3v) is 5.31. The molecule has 0 radical (unpaired) electrons. The summed E-state index contributed by atoms with van der Waals surface area (Å²) < 4.78 is 5.98. The molecule has 1 atom stereocenters. The van der Waals surface area contributed by atoms with Crippen LogP contribution in [0.2, 0.25) is 5.15 Å². The molecule has 0 spiro atoms. The van der Waals surface area contributed by atoms with E-state index in [9.17, 15) is 15.2 Å². The van der Waals surface area contributed by atoms with E-state index in [0.717, 1.165) is 0 Å². The molecule has 1 saturated heterocycles. The van der Waals surface area contributed by atoms with Crippen LogP contribution in [0.3, 0.4) is 0 Å². The Hall–Kier alpha value is -3.58. The predicted octanol–water partition coefficient (Wildman–Crippen LogP) is 2.48. The highest BCUT2D eigenvalue weighted by Crippen LogP contribution is 2.31. The van der Waals surface area contributed by atoms with Crippen LogP contribution in [0.1, 0.15) is 12.0 Å². The first-order chi connectivity index (χ1) is 15.5. The number of pyridine rings is 1. The second-order valence-electron chi connectivity index (χ2n) is 7.18. The maximum atomic E-state index is 12.3. The molecule has 3 aromatic rings. The molecule has 1 aliphatic heterocycles. The van der Waals surface area contributed by atoms with Gasteiger partial charge in [-0.05, 0) is 42.9 Å². The fraction of sp³-hybridized carbons (Fsp3) is 0.227. The van der Waals surface area contributed by atoms with Crippen LogP contribution in [-0.4, -0.2) is 51.1 Å². The maximum Gasteiger partial charge on any atom is 0.227 e. The topological polar surface area (TPSA) is 133 Å². The van der Waals surface area contributed by atoms with Crippen molar-refractivity contribution in [3.8, 4) is 23.1 Å². The fourth-order valence-electron chi connectivity index (χ4n) is 3.46. The van der Waals surface area contributed by atoms with Crippen molar-refractivity contribution in [1.82, 2.24) is 20.3 Å². The van der Waals surface area contributed by atoms with E-state index in [-0.39, 0.29) is 17.9 Å². The predicted molar refractivity (Wildman–Crippen MR) is 118 cm³/mol. The number of halogens is 1. The van der Waals surface area contributed by atoms with Crippen LogP contribution in [0.15, 0.2) is 48.8 Å². The van der Waals surface area contributed by atoms with E-state index in [1.54, 1.807) is 48.8 Å². The van der Waals surface area contributed by atoms with Crippen LogP contribution in [-0.2, 0) is 4.79 Å². The molecular formula is C22H19ClN6O3. The number of carbonyl (C=O) groups excluding carboxylic acids is 1. The van der Waals surface area contributed by atoms with E-state index in [1.807, 2.05) is 0 Å². The normalized spacial score (nSPS) is 17.5. The van der Waals surface area contributed by atoms with Gasteiger partial charge in [0.15, 0.2) is 5.60 Å². The second kappa shape index (κ2) is 9.28. The molecule has 0 saturated carbocycles. The van der Waals surface area contributed by atoms with Crippen molar-refractivity contribution < 1.29 is 14.6 Å². The Morgan fingerprint density at radius 3 is 2.84 bits per heavy atom. The number of hydrogen-bond donors (Lipinski definition) is 3. The Balaban J connectivity index is 1.60. The average molecular weight is 451 g/mol. The summed E-state index contributed by atoms with van der Waals surface area (Å²) >= 11 is 5.91. The Morgan fingerprint density at radius 2 is 2.12 bits per heavy atom. The van der Waals surface area contributed by atoms with Gasteiger partial charge in [-0.2, -0.15) is 5.26 Å². The quantitative estimate of drug-likeness (QED) is 0.464. The number of ether oxygens (including phenoxy) is 1. The molecule has 1 aliphatic rings. The summed E-state index contributed by atoms with van der Waals surface area (Å²) in [6.07, 6.45) is 3.59. The van der Waals surface area contributed by atoms with Crippen molar-refractivity contribution in [2.45, 2.75) is 12.0 Å². The highest BCUT2D eigenvalue weighted by molar-refractivity contribution is 6.29. The van der Waals surface area contributed by atoms with E-state index in [2.05, 4.69) is 31.7 Å². The standard InChI is InChI=1S/C22H19ClN6O3/c23-20-10-16(3-6-26-20)28-21-27-7-4-17(29-21)14-1-2-18(15(9-14)11-24)32-22(19(31)12-30)5-8-25-13-22/h1-4,6-7,9-10,25,30H,5,8,12-13H2,(H,26,27,28,29)/t22-/m1/s1. The highest BCUT2D eigenvalue weighted by Gasteiger charge is 2.43. The van der Waals surface area contributed by atoms with Crippen molar-refractivity contribution >= 4 is 29.0 Å². The zero-order valence-corrected chi connectivity index (χ0v) is 17.6. The van der Waals surface area contributed by atoms with Gasteiger partial charge in [0.05, 0.1) is 11.3 Å². The largest absolute Gasteiger partial charge is 0.477 e. The monoisotopic (exact) mass is 450 g/mol. The molecule has 3 N–H and O–H groups in total. The number of carbonyl (C=O) groups is 1. The number of Topliss-reactive ketones (excluding diaryl/α,β-unsaturated/α-hetero) is 1. The number of benzene rings is 1. The molecule has 1 aromatic carbocycles. The molecule has 4 rings (SSSR count). The Labute approximate surface area is 189 Å². The first-order valence-electron chi connectivity index (χ1n) is 9.83. The number of aliphatic hydroxyl groups is 1. The van der Waals surface area contributed by atoms with Gasteiger partial charge in [0.25, 0.3) is 0 Å². The van der Waals surface area contributed by atoms with Gasteiger partial charge < -0.3 is 20.5 Å². The third-order valence-electron chi connectivity index (χ3n) is 5.11. The number of aromatic nitrogens is 3. The minimum Gasteiger partial charge on any atom is -0.477 e. The molecule has 0 aliphatic carbocycles. The van der Waals surface area contributed by atoms with Crippen LogP contribution in [0.4, 0.5) is 11.6 Å². The summed E-state index contributed by atoms with van der Waals surface area (Å²) in [5, 5.41) is 25.5. The lowest BCUT2D eigenvalue weighted by atomic mass is 9.97. The third kappa shape index (κ3) is 4.53. The fourth-order valence-corrected chi connectivity index (χ4v) is 3.63. The molecule has 1 fully saturated rings. The lowest BCUT2D eigenvalue weighted by molar-refractivity contribution is -0.136. The first-order valence-corrected chi connectivity index (χ1v) is 10.2. The zero-order valence-electron chi connectivity index (χ0n) is 16.9. The molecular weight excluding hydrogens is 432 g/mol. The van der Waals surface area contributed by atoms with Gasteiger partial charge in [0, 0.05) is 36.6 Å². The molecule has 9 nitrogen and oxygen atoms in total. The van der Waals surface area contributed by atoms with Crippen LogP contribution < -0.4 is 15.4 Å². The van der Waals surface area contributed by atoms with Crippen molar-refractivity contribution in [3.05, 3.63) is 59.5 Å². The van der Waals surface area contributed by atoms with Gasteiger partial charge in [-0.15, -0.1) is 0 Å². The maximum absolute atomic E-state index is 12.3. The molecule has 10 heteroatoms. The molecule has 32 heavy (non-hydrogen) atoms. The van der Waals surface area contributed by atoms with E-state index in [0.29, 0.717) is 41.0 Å². The van der Waals surface area contributed by atoms with Gasteiger partial charge >= 0.3 is 0 Å². The van der Waals surface area contributed by atoms with Crippen molar-refractivity contribution in [2.24, 2.45) is 0 Å². The highest BCUT2D eigenvalue weighted by atomic mass is 35.5. The van der Waals surface area contributed by atoms with Crippen molar-refractivity contribution in [1.29, 1.82) is 5.26 Å². The number of aliphatic hydroxyl groups excluding tert-OH is 1. The van der Waals surface area contributed by atoms with E-state index >= 15 is 0 Å². The summed E-state index contributed by atoms with van der Waals surface area (Å²) in [7, 11) is 0. The average Bonchev–Trinajstić information content (AvgIpc) is 3.28. The number of anilines is 2. The van der Waals surface area contributed by atoms with Crippen molar-refractivity contribution in [3.63, 3.8) is 0 Å². The molecule has 2 aromatic heterocycles. The lowest BCUT2D eigenvalue weighted by Crippen LogP contribution is -2.48. The molecule has 162 valence electrons. The molecule has 3 heterocycles. The van der Waals surface area contributed by atoms with E-state index in [4.69, 9.17) is 16.3 Å². The van der Waals surface area contributed by atoms with E-state index in [1.165, 1.54) is 0 Å². The van der Waals surface area contributed by atoms with Gasteiger partial charge in [0.2, 0.25) is 11.7 Å². The summed E-state index contributed by atoms with van der Waals surface area (Å²) in [4.78, 5) is 24.9. The molecule has 0 unspecified atom stereocenters. The van der Waals surface area contributed by atoms with Gasteiger partial charge in [-0.3, -0.25) is 4.79 Å². The lowest BCUT2D eigenvalue weighted by Gasteiger charge is -2.28. The number of hydrogen-bond acceptors (Lipinski definition) is 9. The zero-order chi connectivity index (χ0) is 22.6. The minimum absolute atomic E-state index is 0.258. The van der Waals surface area contributed by atoms with Crippen LogP contribution in [0.25, 0.3) is 11.3 Å². The Bertz CT molecular complexity index is 1190. The SMILES string of the molecule is N#Cc1cc(-c2ccnc(Nc3ccnc(Cl)c3)n2)ccc1O[C@]1(C(=O)CO)CCNC1. The van der Waals surface area contributed by atoms with Gasteiger partial charge in [-0.25, -0.2) is 15.0 Å². The number of rotatable bonds is 7.